The zero-order valence-corrected chi connectivity index (χ0v) is 10.4. The Morgan fingerprint density at radius 2 is 1.73 bits per heavy atom. The van der Waals surface area contributed by atoms with Crippen molar-refractivity contribution in [3.63, 3.8) is 0 Å². The molecule has 1 rings (SSSR count). The number of likely N-dealkylation sites (N-methyl/N-ethyl adjacent to an activating group) is 1. The molecule has 0 amide bonds. The molecule has 1 fully saturated rings. The van der Waals surface area contributed by atoms with Crippen LogP contribution in [-0.4, -0.2) is 36.8 Å². The van der Waals surface area contributed by atoms with Gasteiger partial charge >= 0.3 is 0 Å². The molecule has 0 aliphatic heterocycles. The Balaban J connectivity index is 2.14. The van der Waals surface area contributed by atoms with Crippen LogP contribution in [0.15, 0.2) is 0 Å². The molecule has 0 bridgehead atoms. The van der Waals surface area contributed by atoms with Crippen LogP contribution in [-0.2, 0) is 0 Å². The molecular formula is C13H27NO. The van der Waals surface area contributed by atoms with E-state index in [1.165, 1.54) is 45.1 Å². The van der Waals surface area contributed by atoms with Crippen LogP contribution in [0.3, 0.4) is 0 Å². The molecule has 0 saturated heterocycles. The first-order valence-corrected chi connectivity index (χ1v) is 6.55. The van der Waals surface area contributed by atoms with E-state index in [0.717, 1.165) is 18.4 Å². The molecule has 0 spiro atoms. The van der Waals surface area contributed by atoms with Gasteiger partial charge in [-0.25, -0.2) is 0 Å². The summed E-state index contributed by atoms with van der Waals surface area (Å²) in [4.78, 5) is 2.27. The number of nitrogens with zero attached hydrogens (tertiary/aromatic N) is 1. The highest BCUT2D eigenvalue weighted by molar-refractivity contribution is 4.74. The molecule has 1 saturated carbocycles. The minimum atomic E-state index is 0.293. The number of rotatable bonds is 6. The van der Waals surface area contributed by atoms with E-state index in [1.807, 2.05) is 0 Å². The third-order valence-corrected chi connectivity index (χ3v) is 3.71. The molecule has 0 radical (unpaired) electrons. The third-order valence-electron chi connectivity index (χ3n) is 3.71. The topological polar surface area (TPSA) is 23.5 Å². The number of hydrogen-bond donors (Lipinski definition) is 1. The SMILES string of the molecule is CCCC1CCC(CN(C)CCO)CC1. The van der Waals surface area contributed by atoms with E-state index in [4.69, 9.17) is 5.11 Å². The van der Waals surface area contributed by atoms with Crippen LogP contribution in [0.5, 0.6) is 0 Å². The number of aliphatic hydroxyl groups is 1. The fourth-order valence-electron chi connectivity index (χ4n) is 2.81. The summed E-state index contributed by atoms with van der Waals surface area (Å²) >= 11 is 0. The van der Waals surface area contributed by atoms with Crippen molar-refractivity contribution < 1.29 is 5.11 Å². The summed E-state index contributed by atoms with van der Waals surface area (Å²) in [5, 5.41) is 8.84. The molecule has 0 aromatic rings. The predicted octanol–water partition coefficient (Wildman–Crippen LogP) is 2.52. The van der Waals surface area contributed by atoms with Gasteiger partial charge in [-0.2, -0.15) is 0 Å². The van der Waals surface area contributed by atoms with E-state index in [-0.39, 0.29) is 0 Å². The average molecular weight is 213 g/mol. The fourth-order valence-corrected chi connectivity index (χ4v) is 2.81. The Bertz CT molecular complexity index is 153. The summed E-state index contributed by atoms with van der Waals surface area (Å²) in [6.45, 7) is 4.59. The highest BCUT2D eigenvalue weighted by atomic mass is 16.3. The summed E-state index contributed by atoms with van der Waals surface area (Å²) < 4.78 is 0. The van der Waals surface area contributed by atoms with E-state index < -0.39 is 0 Å². The lowest BCUT2D eigenvalue weighted by atomic mass is 9.80. The van der Waals surface area contributed by atoms with Crippen LogP contribution in [0.1, 0.15) is 45.4 Å². The zero-order chi connectivity index (χ0) is 11.1. The van der Waals surface area contributed by atoms with Crippen molar-refractivity contribution in [2.45, 2.75) is 45.4 Å². The lowest BCUT2D eigenvalue weighted by Crippen LogP contribution is -2.30. The van der Waals surface area contributed by atoms with Crippen molar-refractivity contribution in [1.82, 2.24) is 4.90 Å². The first-order chi connectivity index (χ1) is 7.26. The maximum absolute atomic E-state index is 8.84. The van der Waals surface area contributed by atoms with Crippen LogP contribution < -0.4 is 0 Å². The molecule has 0 unspecified atom stereocenters. The van der Waals surface area contributed by atoms with E-state index in [9.17, 15) is 0 Å². The Kier molecular flexibility index (Phi) is 6.26. The Labute approximate surface area is 94.7 Å². The van der Waals surface area contributed by atoms with Gasteiger partial charge in [0.05, 0.1) is 6.61 Å². The van der Waals surface area contributed by atoms with Gasteiger partial charge in [-0.1, -0.05) is 32.6 Å². The van der Waals surface area contributed by atoms with Crippen LogP contribution in [0.25, 0.3) is 0 Å². The summed E-state index contributed by atoms with van der Waals surface area (Å²) in [6.07, 6.45) is 8.46. The highest BCUT2D eigenvalue weighted by Gasteiger charge is 2.21. The van der Waals surface area contributed by atoms with Crippen LogP contribution >= 0.6 is 0 Å². The minimum absolute atomic E-state index is 0.293. The van der Waals surface area contributed by atoms with E-state index in [2.05, 4.69) is 18.9 Å². The van der Waals surface area contributed by atoms with Crippen molar-refractivity contribution in [3.05, 3.63) is 0 Å². The fraction of sp³-hybridized carbons (Fsp3) is 1.00. The first-order valence-electron chi connectivity index (χ1n) is 6.55. The first kappa shape index (κ1) is 13.0. The lowest BCUT2D eigenvalue weighted by Gasteiger charge is -2.31. The minimum Gasteiger partial charge on any atom is -0.395 e. The van der Waals surface area contributed by atoms with Crippen LogP contribution in [0, 0.1) is 11.8 Å². The van der Waals surface area contributed by atoms with Crippen LogP contribution in [0.2, 0.25) is 0 Å². The molecule has 90 valence electrons. The Hall–Kier alpha value is -0.0800. The smallest absolute Gasteiger partial charge is 0.0558 e. The van der Waals surface area contributed by atoms with Crippen molar-refractivity contribution >= 4 is 0 Å². The molecule has 0 heterocycles. The average Bonchev–Trinajstić information content (AvgIpc) is 2.22. The third kappa shape index (κ3) is 4.98. The molecule has 2 heteroatoms. The number of aliphatic hydroxyl groups excluding tert-OH is 1. The molecule has 0 atom stereocenters. The molecular weight excluding hydrogens is 186 g/mol. The molecule has 1 N–H and O–H groups in total. The van der Waals surface area contributed by atoms with E-state index in [1.54, 1.807) is 0 Å². The molecule has 15 heavy (non-hydrogen) atoms. The Morgan fingerprint density at radius 1 is 1.13 bits per heavy atom. The maximum atomic E-state index is 8.84. The molecule has 1 aliphatic carbocycles. The molecule has 0 aromatic heterocycles. The number of hydrogen-bond acceptors (Lipinski definition) is 2. The second-order valence-electron chi connectivity index (χ2n) is 5.16. The molecule has 1 aliphatic rings. The van der Waals surface area contributed by atoms with Crippen LogP contribution in [0.4, 0.5) is 0 Å². The van der Waals surface area contributed by atoms with Gasteiger partial charge in [0, 0.05) is 13.1 Å². The quantitative estimate of drug-likeness (QED) is 0.733. The van der Waals surface area contributed by atoms with Gasteiger partial charge in [-0.15, -0.1) is 0 Å². The van der Waals surface area contributed by atoms with Gasteiger partial charge in [0.25, 0.3) is 0 Å². The summed E-state index contributed by atoms with van der Waals surface area (Å²) in [5.41, 5.74) is 0. The molecule has 0 aromatic carbocycles. The van der Waals surface area contributed by atoms with Gasteiger partial charge in [0.2, 0.25) is 0 Å². The van der Waals surface area contributed by atoms with Crippen molar-refractivity contribution in [2.24, 2.45) is 11.8 Å². The van der Waals surface area contributed by atoms with Crippen molar-refractivity contribution in [3.8, 4) is 0 Å². The molecule has 2 nitrogen and oxygen atoms in total. The van der Waals surface area contributed by atoms with Gasteiger partial charge in [0.1, 0.15) is 0 Å². The zero-order valence-electron chi connectivity index (χ0n) is 10.4. The highest BCUT2D eigenvalue weighted by Crippen LogP contribution is 2.31. The summed E-state index contributed by atoms with van der Waals surface area (Å²) in [5.74, 6) is 1.89. The van der Waals surface area contributed by atoms with E-state index in [0.29, 0.717) is 6.61 Å². The van der Waals surface area contributed by atoms with Gasteiger partial charge in [-0.3, -0.25) is 0 Å². The second kappa shape index (κ2) is 7.24. The van der Waals surface area contributed by atoms with Crippen molar-refractivity contribution in [2.75, 3.05) is 26.7 Å². The summed E-state index contributed by atoms with van der Waals surface area (Å²) in [6, 6.07) is 0. The predicted molar refractivity (Wildman–Crippen MR) is 64.9 cm³/mol. The van der Waals surface area contributed by atoms with Crippen molar-refractivity contribution in [1.29, 1.82) is 0 Å². The normalized spacial score (nSPS) is 27.2. The largest absolute Gasteiger partial charge is 0.395 e. The van der Waals surface area contributed by atoms with Gasteiger partial charge < -0.3 is 10.0 Å². The van der Waals surface area contributed by atoms with Gasteiger partial charge in [0.15, 0.2) is 0 Å². The monoisotopic (exact) mass is 213 g/mol. The lowest BCUT2D eigenvalue weighted by molar-refractivity contribution is 0.170. The standard InChI is InChI=1S/C13H27NO/c1-3-4-12-5-7-13(8-6-12)11-14(2)9-10-15/h12-13,15H,3-11H2,1-2H3. The summed E-state index contributed by atoms with van der Waals surface area (Å²) in [7, 11) is 2.12. The Morgan fingerprint density at radius 3 is 2.27 bits per heavy atom. The second-order valence-corrected chi connectivity index (χ2v) is 5.16. The van der Waals surface area contributed by atoms with E-state index >= 15 is 0 Å². The van der Waals surface area contributed by atoms with Gasteiger partial charge in [-0.05, 0) is 31.7 Å². The maximum Gasteiger partial charge on any atom is 0.0558 e.